The second-order valence-corrected chi connectivity index (χ2v) is 5.51. The van der Waals surface area contributed by atoms with Crippen molar-refractivity contribution in [3.63, 3.8) is 0 Å². The number of pyridine rings is 1. The molecule has 0 saturated carbocycles. The third-order valence-corrected chi connectivity index (χ3v) is 3.10. The maximum absolute atomic E-state index is 6.24. The Labute approximate surface area is 107 Å². The van der Waals surface area contributed by atoms with Crippen LogP contribution in [0.15, 0.2) is 24.3 Å². The van der Waals surface area contributed by atoms with Gasteiger partial charge in [0.05, 0.1) is 17.6 Å². The van der Waals surface area contributed by atoms with Crippen molar-refractivity contribution >= 4 is 22.5 Å². The van der Waals surface area contributed by atoms with Crippen molar-refractivity contribution in [3.05, 3.63) is 34.9 Å². The van der Waals surface area contributed by atoms with Gasteiger partial charge in [-0.15, -0.1) is 0 Å². The van der Waals surface area contributed by atoms with Crippen LogP contribution in [-0.4, -0.2) is 12.1 Å². The van der Waals surface area contributed by atoms with E-state index in [1.165, 1.54) is 5.56 Å². The lowest BCUT2D eigenvalue weighted by molar-refractivity contribution is 0.399. The molecule has 0 fully saturated rings. The van der Waals surface area contributed by atoms with Crippen molar-refractivity contribution in [3.8, 4) is 5.88 Å². The first-order valence-corrected chi connectivity index (χ1v) is 5.95. The van der Waals surface area contributed by atoms with Gasteiger partial charge in [-0.1, -0.05) is 50.6 Å². The van der Waals surface area contributed by atoms with Gasteiger partial charge in [0.15, 0.2) is 0 Å². The number of hydrogen-bond donors (Lipinski definition) is 0. The SMILES string of the molecule is COc1cc(Cl)c2cccc(C(C)(C)C)c2n1. The quantitative estimate of drug-likeness (QED) is 0.756. The second-order valence-electron chi connectivity index (χ2n) is 5.10. The number of ether oxygens (including phenoxy) is 1. The summed E-state index contributed by atoms with van der Waals surface area (Å²) in [6, 6.07) is 7.84. The lowest BCUT2D eigenvalue weighted by atomic mass is 9.85. The molecule has 90 valence electrons. The fourth-order valence-corrected chi connectivity index (χ4v) is 2.14. The highest BCUT2D eigenvalue weighted by molar-refractivity contribution is 6.35. The van der Waals surface area contributed by atoms with Crippen LogP contribution in [0, 0.1) is 0 Å². The fraction of sp³-hybridized carbons (Fsp3) is 0.357. The minimum Gasteiger partial charge on any atom is -0.481 e. The Morgan fingerprint density at radius 2 is 1.94 bits per heavy atom. The van der Waals surface area contributed by atoms with Gasteiger partial charge in [0.1, 0.15) is 0 Å². The van der Waals surface area contributed by atoms with Crippen LogP contribution in [0.1, 0.15) is 26.3 Å². The molecule has 0 spiro atoms. The van der Waals surface area contributed by atoms with Crippen molar-refractivity contribution in [2.75, 3.05) is 7.11 Å². The van der Waals surface area contributed by atoms with E-state index >= 15 is 0 Å². The predicted octanol–water partition coefficient (Wildman–Crippen LogP) is 4.19. The maximum atomic E-state index is 6.24. The third-order valence-electron chi connectivity index (χ3n) is 2.78. The Hall–Kier alpha value is -1.28. The smallest absolute Gasteiger partial charge is 0.215 e. The molecule has 0 amide bonds. The molecule has 0 saturated heterocycles. The van der Waals surface area contributed by atoms with Gasteiger partial charge in [0, 0.05) is 11.5 Å². The highest BCUT2D eigenvalue weighted by Gasteiger charge is 2.19. The lowest BCUT2D eigenvalue weighted by Crippen LogP contribution is -2.12. The zero-order chi connectivity index (χ0) is 12.6. The minimum atomic E-state index is 0.0300. The Balaban J connectivity index is 2.83. The molecule has 17 heavy (non-hydrogen) atoms. The Morgan fingerprint density at radius 1 is 1.24 bits per heavy atom. The number of nitrogens with zero attached hydrogens (tertiary/aromatic N) is 1. The van der Waals surface area contributed by atoms with Gasteiger partial charge in [-0.3, -0.25) is 0 Å². The van der Waals surface area contributed by atoms with Gasteiger partial charge in [0.2, 0.25) is 5.88 Å². The van der Waals surface area contributed by atoms with Gasteiger partial charge in [-0.05, 0) is 11.0 Å². The number of fused-ring (bicyclic) bond motifs is 1. The Kier molecular flexibility index (Phi) is 3.00. The zero-order valence-corrected chi connectivity index (χ0v) is 11.3. The lowest BCUT2D eigenvalue weighted by Gasteiger charge is -2.21. The molecule has 1 aromatic carbocycles. The molecule has 0 bridgehead atoms. The minimum absolute atomic E-state index is 0.0300. The zero-order valence-electron chi connectivity index (χ0n) is 10.5. The van der Waals surface area contributed by atoms with E-state index in [4.69, 9.17) is 16.3 Å². The van der Waals surface area contributed by atoms with E-state index in [1.807, 2.05) is 12.1 Å². The van der Waals surface area contributed by atoms with E-state index in [9.17, 15) is 0 Å². The molecule has 3 heteroatoms. The van der Waals surface area contributed by atoms with Gasteiger partial charge < -0.3 is 4.74 Å². The second kappa shape index (κ2) is 4.19. The molecule has 0 aliphatic rings. The molecule has 2 rings (SSSR count). The van der Waals surface area contributed by atoms with Crippen LogP contribution in [0.4, 0.5) is 0 Å². The molecule has 0 N–H and O–H groups in total. The molecule has 0 aliphatic heterocycles. The summed E-state index contributed by atoms with van der Waals surface area (Å²) >= 11 is 6.24. The first kappa shape index (κ1) is 12.2. The van der Waals surface area contributed by atoms with Crippen LogP contribution in [0.25, 0.3) is 10.9 Å². The van der Waals surface area contributed by atoms with E-state index in [1.54, 1.807) is 13.2 Å². The monoisotopic (exact) mass is 249 g/mol. The number of para-hydroxylation sites is 1. The van der Waals surface area contributed by atoms with Gasteiger partial charge in [-0.25, -0.2) is 4.98 Å². The van der Waals surface area contributed by atoms with Crippen molar-refractivity contribution in [2.45, 2.75) is 26.2 Å². The van der Waals surface area contributed by atoms with Crippen LogP contribution < -0.4 is 4.74 Å². The van der Waals surface area contributed by atoms with Crippen LogP contribution in [0.5, 0.6) is 5.88 Å². The van der Waals surface area contributed by atoms with E-state index in [0.717, 1.165) is 10.9 Å². The molecule has 2 aromatic rings. The molecule has 1 aromatic heterocycles. The molecule has 0 unspecified atom stereocenters. The summed E-state index contributed by atoms with van der Waals surface area (Å²) < 4.78 is 5.18. The van der Waals surface area contributed by atoms with Gasteiger partial charge in [-0.2, -0.15) is 0 Å². The fourth-order valence-electron chi connectivity index (χ4n) is 1.90. The van der Waals surface area contributed by atoms with E-state index in [2.05, 4.69) is 31.8 Å². The summed E-state index contributed by atoms with van der Waals surface area (Å²) in [6.45, 7) is 6.49. The van der Waals surface area contributed by atoms with Crippen molar-refractivity contribution in [1.29, 1.82) is 0 Å². The molecule has 0 atom stereocenters. The molecule has 2 nitrogen and oxygen atoms in total. The van der Waals surface area contributed by atoms with Crippen LogP contribution in [0.2, 0.25) is 5.02 Å². The summed E-state index contributed by atoms with van der Waals surface area (Å²) in [5.74, 6) is 0.555. The maximum Gasteiger partial charge on any atom is 0.215 e. The van der Waals surface area contributed by atoms with Crippen molar-refractivity contribution in [2.24, 2.45) is 0 Å². The molecule has 0 aliphatic carbocycles. The molecular formula is C14H16ClNO. The summed E-state index contributed by atoms with van der Waals surface area (Å²) in [7, 11) is 1.60. The van der Waals surface area contributed by atoms with Crippen LogP contribution in [0.3, 0.4) is 0 Å². The average Bonchev–Trinajstić information content (AvgIpc) is 2.26. The number of benzene rings is 1. The number of hydrogen-bond acceptors (Lipinski definition) is 2. The summed E-state index contributed by atoms with van der Waals surface area (Å²) in [5, 5.41) is 1.65. The highest BCUT2D eigenvalue weighted by Crippen LogP contribution is 2.33. The predicted molar refractivity (Wildman–Crippen MR) is 72.0 cm³/mol. The number of aromatic nitrogens is 1. The van der Waals surface area contributed by atoms with Crippen molar-refractivity contribution < 1.29 is 4.74 Å². The largest absolute Gasteiger partial charge is 0.481 e. The van der Waals surface area contributed by atoms with Gasteiger partial charge in [0.25, 0.3) is 0 Å². The van der Waals surface area contributed by atoms with E-state index < -0.39 is 0 Å². The summed E-state index contributed by atoms with van der Waals surface area (Å²) in [5.41, 5.74) is 2.13. The highest BCUT2D eigenvalue weighted by atomic mass is 35.5. The Bertz CT molecular complexity index is 558. The van der Waals surface area contributed by atoms with E-state index in [-0.39, 0.29) is 5.41 Å². The number of rotatable bonds is 1. The Morgan fingerprint density at radius 3 is 2.53 bits per heavy atom. The molecular weight excluding hydrogens is 234 g/mol. The standard InChI is InChI=1S/C14H16ClNO/c1-14(2,3)10-7-5-6-9-11(15)8-12(17-4)16-13(9)10/h5-8H,1-4H3. The van der Waals surface area contributed by atoms with E-state index in [0.29, 0.717) is 10.9 Å². The van der Waals surface area contributed by atoms with Crippen molar-refractivity contribution in [1.82, 2.24) is 4.98 Å². The molecule has 0 radical (unpaired) electrons. The normalized spacial score (nSPS) is 11.8. The first-order chi connectivity index (χ1) is 7.93. The number of halogens is 1. The average molecular weight is 250 g/mol. The van der Waals surface area contributed by atoms with Gasteiger partial charge >= 0.3 is 0 Å². The topological polar surface area (TPSA) is 22.1 Å². The summed E-state index contributed by atoms with van der Waals surface area (Å²) in [4.78, 5) is 4.51. The number of methoxy groups -OCH3 is 1. The molecule has 1 heterocycles. The third kappa shape index (κ3) is 2.22. The summed E-state index contributed by atoms with van der Waals surface area (Å²) in [6.07, 6.45) is 0. The van der Waals surface area contributed by atoms with Crippen LogP contribution in [-0.2, 0) is 5.41 Å². The first-order valence-electron chi connectivity index (χ1n) is 5.57. The van der Waals surface area contributed by atoms with Crippen LogP contribution >= 0.6 is 11.6 Å².